The van der Waals surface area contributed by atoms with Crippen LogP contribution in [0.1, 0.15) is 42.5 Å². The Bertz CT molecular complexity index is 1130. The summed E-state index contributed by atoms with van der Waals surface area (Å²) in [5, 5.41) is 9.69. The van der Waals surface area contributed by atoms with Gasteiger partial charge in [0.25, 0.3) is 0 Å². The van der Waals surface area contributed by atoms with Gasteiger partial charge in [0.15, 0.2) is 5.69 Å². The van der Waals surface area contributed by atoms with Gasteiger partial charge in [0, 0.05) is 24.2 Å². The number of imidazole rings is 1. The van der Waals surface area contributed by atoms with Crippen molar-refractivity contribution in [1.82, 2.24) is 19.5 Å². The summed E-state index contributed by atoms with van der Waals surface area (Å²) in [5.74, 6) is 0.902. The first-order valence-electron chi connectivity index (χ1n) is 10.0. The Morgan fingerprint density at radius 1 is 1.23 bits per heavy atom. The van der Waals surface area contributed by atoms with Crippen LogP contribution in [-0.2, 0) is 19.3 Å². The molecule has 0 radical (unpaired) electrons. The fraction of sp³-hybridized carbons (Fsp3) is 0.476. The molecule has 31 heavy (non-hydrogen) atoms. The highest BCUT2D eigenvalue weighted by Crippen LogP contribution is 2.38. The van der Waals surface area contributed by atoms with Gasteiger partial charge < -0.3 is 14.6 Å². The molecule has 2 aromatic heterocycles. The molecular formula is C21H24F3N5OS. The van der Waals surface area contributed by atoms with E-state index in [-0.39, 0.29) is 30.1 Å². The van der Waals surface area contributed by atoms with E-state index in [9.17, 15) is 18.3 Å². The number of halogens is 3. The number of aryl methyl sites for hydroxylation is 1. The van der Waals surface area contributed by atoms with Crippen molar-refractivity contribution in [2.45, 2.75) is 51.0 Å². The highest BCUT2D eigenvalue weighted by Gasteiger charge is 2.38. The second-order valence-electron chi connectivity index (χ2n) is 8.01. The summed E-state index contributed by atoms with van der Waals surface area (Å²) < 4.78 is 42.4. The van der Waals surface area contributed by atoms with Crippen molar-refractivity contribution in [2.24, 2.45) is 5.92 Å². The molecule has 1 aliphatic heterocycles. The predicted octanol–water partition coefficient (Wildman–Crippen LogP) is 4.59. The minimum atomic E-state index is -4.53. The smallest absolute Gasteiger partial charge is 0.392 e. The summed E-state index contributed by atoms with van der Waals surface area (Å²) in [5.41, 5.74) is 1.64. The second-order valence-corrected chi connectivity index (χ2v) is 8.86. The van der Waals surface area contributed by atoms with Gasteiger partial charge in [0.1, 0.15) is 5.82 Å². The van der Waals surface area contributed by atoms with Gasteiger partial charge in [-0.05, 0) is 42.4 Å². The zero-order valence-electron chi connectivity index (χ0n) is 17.7. The van der Waals surface area contributed by atoms with Crippen LogP contribution in [-0.4, -0.2) is 37.4 Å². The Morgan fingerprint density at radius 3 is 2.58 bits per heavy atom. The molecule has 1 aromatic carbocycles. The van der Waals surface area contributed by atoms with Crippen molar-refractivity contribution in [3.05, 3.63) is 41.0 Å². The molecule has 0 saturated carbocycles. The number of aliphatic hydroxyl groups is 1. The van der Waals surface area contributed by atoms with E-state index in [1.165, 1.54) is 13.1 Å². The number of alkyl halides is 3. The molecule has 0 saturated heterocycles. The monoisotopic (exact) mass is 451 g/mol. The van der Waals surface area contributed by atoms with Crippen molar-refractivity contribution in [3.8, 4) is 0 Å². The number of aliphatic hydroxyl groups excluding tert-OH is 1. The molecule has 6 nitrogen and oxygen atoms in total. The highest BCUT2D eigenvalue weighted by atomic mass is 32.2. The Hall–Kier alpha value is -2.33. The molecule has 0 amide bonds. The van der Waals surface area contributed by atoms with Crippen LogP contribution in [0.3, 0.4) is 0 Å². The molecule has 166 valence electrons. The number of rotatable bonds is 4. The standard InChI is InChI=1S/C21H24F3N5OS/c1-11(2)17-19-26-14-7-13(10-30)16(31-4)8-15(14)28(19)5-6-29(17)20-25-9-12(3)18(27-20)21(22,23)24/h7-9,11,17,30H,5-6,10H2,1-4H3. The van der Waals surface area contributed by atoms with Crippen LogP contribution in [0.5, 0.6) is 0 Å². The van der Waals surface area contributed by atoms with E-state index in [1.807, 2.05) is 37.1 Å². The predicted molar refractivity (Wildman–Crippen MR) is 114 cm³/mol. The van der Waals surface area contributed by atoms with Crippen molar-refractivity contribution in [2.75, 3.05) is 17.7 Å². The maximum Gasteiger partial charge on any atom is 0.433 e. The lowest BCUT2D eigenvalue weighted by molar-refractivity contribution is -0.141. The van der Waals surface area contributed by atoms with Gasteiger partial charge in [-0.25, -0.2) is 15.0 Å². The average molecular weight is 452 g/mol. The number of fused-ring (bicyclic) bond motifs is 3. The summed E-state index contributed by atoms with van der Waals surface area (Å²) in [4.78, 5) is 15.8. The van der Waals surface area contributed by atoms with Crippen LogP contribution in [0.15, 0.2) is 23.2 Å². The molecule has 3 aromatic rings. The fourth-order valence-electron chi connectivity index (χ4n) is 4.21. The first-order chi connectivity index (χ1) is 14.7. The van der Waals surface area contributed by atoms with Gasteiger partial charge in [-0.1, -0.05) is 13.8 Å². The van der Waals surface area contributed by atoms with E-state index in [2.05, 4.69) is 14.5 Å². The quantitative estimate of drug-likeness (QED) is 0.586. The number of anilines is 1. The number of thioether (sulfide) groups is 1. The second kappa shape index (κ2) is 7.98. The molecule has 0 aliphatic carbocycles. The summed E-state index contributed by atoms with van der Waals surface area (Å²) in [6, 6.07) is 3.64. The normalized spacial score (nSPS) is 16.9. The lowest BCUT2D eigenvalue weighted by Crippen LogP contribution is -2.42. The molecular weight excluding hydrogens is 427 g/mol. The molecule has 3 heterocycles. The third kappa shape index (κ3) is 3.76. The maximum atomic E-state index is 13.4. The average Bonchev–Trinajstić information content (AvgIpc) is 3.08. The van der Waals surface area contributed by atoms with Crippen LogP contribution in [0, 0.1) is 12.8 Å². The minimum absolute atomic E-state index is 0.00252. The Labute approximate surface area is 182 Å². The molecule has 1 unspecified atom stereocenters. The number of nitrogens with zero attached hydrogens (tertiary/aromatic N) is 5. The third-order valence-corrected chi connectivity index (χ3v) is 6.45. The summed E-state index contributed by atoms with van der Waals surface area (Å²) in [6.07, 6.45) is -1.34. The van der Waals surface area contributed by atoms with E-state index < -0.39 is 11.9 Å². The van der Waals surface area contributed by atoms with Crippen molar-refractivity contribution >= 4 is 28.7 Å². The maximum absolute atomic E-state index is 13.4. The number of hydrogen-bond donors (Lipinski definition) is 1. The SMILES string of the molecule is CSc1cc2c(cc1CO)nc1n2CCN(c2ncc(C)c(C(F)(F)F)n2)C1C(C)C. The largest absolute Gasteiger partial charge is 0.433 e. The molecule has 0 bridgehead atoms. The Balaban J connectivity index is 1.84. The summed E-state index contributed by atoms with van der Waals surface area (Å²) in [6.45, 7) is 6.34. The Kier molecular flexibility index (Phi) is 5.63. The van der Waals surface area contributed by atoms with Gasteiger partial charge in [-0.2, -0.15) is 13.2 Å². The topological polar surface area (TPSA) is 67.1 Å². The fourth-order valence-corrected chi connectivity index (χ4v) is 4.83. The van der Waals surface area contributed by atoms with Crippen LogP contribution in [0.25, 0.3) is 11.0 Å². The molecule has 4 rings (SSSR count). The minimum Gasteiger partial charge on any atom is -0.392 e. The van der Waals surface area contributed by atoms with Gasteiger partial charge in [-0.15, -0.1) is 11.8 Å². The van der Waals surface area contributed by atoms with Gasteiger partial charge in [0.05, 0.1) is 23.7 Å². The van der Waals surface area contributed by atoms with E-state index in [0.29, 0.717) is 13.1 Å². The zero-order chi connectivity index (χ0) is 22.5. The summed E-state index contributed by atoms with van der Waals surface area (Å²) >= 11 is 1.56. The van der Waals surface area contributed by atoms with E-state index >= 15 is 0 Å². The van der Waals surface area contributed by atoms with Crippen LogP contribution in [0.2, 0.25) is 0 Å². The number of aromatic nitrogens is 4. The summed E-state index contributed by atoms with van der Waals surface area (Å²) in [7, 11) is 0. The lowest BCUT2D eigenvalue weighted by Gasteiger charge is -2.38. The first-order valence-corrected chi connectivity index (χ1v) is 11.2. The van der Waals surface area contributed by atoms with Gasteiger partial charge >= 0.3 is 6.18 Å². The molecule has 1 atom stereocenters. The van der Waals surface area contributed by atoms with E-state index in [0.717, 1.165) is 27.3 Å². The zero-order valence-corrected chi connectivity index (χ0v) is 18.5. The van der Waals surface area contributed by atoms with E-state index in [1.54, 1.807) is 11.8 Å². The van der Waals surface area contributed by atoms with Crippen LogP contribution < -0.4 is 4.90 Å². The van der Waals surface area contributed by atoms with Gasteiger partial charge in [0.2, 0.25) is 5.95 Å². The lowest BCUT2D eigenvalue weighted by atomic mass is 10.00. The number of benzene rings is 1. The van der Waals surface area contributed by atoms with Crippen LogP contribution >= 0.6 is 11.8 Å². The third-order valence-electron chi connectivity index (χ3n) is 5.63. The van der Waals surface area contributed by atoms with Gasteiger partial charge in [-0.3, -0.25) is 0 Å². The number of hydrogen-bond acceptors (Lipinski definition) is 6. The molecule has 0 spiro atoms. The highest BCUT2D eigenvalue weighted by molar-refractivity contribution is 7.98. The van der Waals surface area contributed by atoms with Crippen molar-refractivity contribution in [3.63, 3.8) is 0 Å². The Morgan fingerprint density at radius 2 is 1.97 bits per heavy atom. The molecule has 10 heteroatoms. The van der Waals surface area contributed by atoms with Crippen LogP contribution in [0.4, 0.5) is 19.1 Å². The van der Waals surface area contributed by atoms with Crippen molar-refractivity contribution < 1.29 is 18.3 Å². The van der Waals surface area contributed by atoms with E-state index in [4.69, 9.17) is 4.98 Å². The first kappa shape index (κ1) is 21.9. The molecule has 0 fully saturated rings. The molecule has 1 aliphatic rings. The molecule has 1 N–H and O–H groups in total. The van der Waals surface area contributed by atoms with Crippen molar-refractivity contribution in [1.29, 1.82) is 0 Å².